The zero-order valence-electron chi connectivity index (χ0n) is 8.37. The van der Waals surface area contributed by atoms with Crippen LogP contribution in [0.2, 0.25) is 0 Å². The van der Waals surface area contributed by atoms with Crippen LogP contribution in [0.1, 0.15) is 24.1 Å². The van der Waals surface area contributed by atoms with Crippen LogP contribution < -0.4 is 5.32 Å². The predicted molar refractivity (Wildman–Crippen MR) is 59.6 cm³/mol. The van der Waals surface area contributed by atoms with Crippen LogP contribution >= 0.6 is 11.3 Å². The first-order chi connectivity index (χ1) is 6.95. The highest BCUT2D eigenvalue weighted by Gasteiger charge is 2.19. The Morgan fingerprint density at radius 1 is 1.50 bits per heavy atom. The molecule has 0 aromatic carbocycles. The summed E-state index contributed by atoms with van der Waals surface area (Å²) in [6.07, 6.45) is 3.87. The molecule has 2 rings (SSSR count). The van der Waals surface area contributed by atoms with Gasteiger partial charge in [0, 0.05) is 17.5 Å². The van der Waals surface area contributed by atoms with Gasteiger partial charge in [-0.2, -0.15) is 0 Å². The Morgan fingerprint density at radius 3 is 3.14 bits per heavy atom. The number of hydrogen-bond acceptors (Lipinski definition) is 3. The first-order valence-electron chi connectivity index (χ1n) is 5.28. The minimum Gasteiger partial charge on any atom is -0.376 e. The van der Waals surface area contributed by atoms with Gasteiger partial charge >= 0.3 is 0 Å². The summed E-state index contributed by atoms with van der Waals surface area (Å²) in [7, 11) is 0. The first kappa shape index (κ1) is 10.1. The van der Waals surface area contributed by atoms with Gasteiger partial charge in [-0.3, -0.25) is 0 Å². The molecule has 0 bridgehead atoms. The van der Waals surface area contributed by atoms with Crippen molar-refractivity contribution in [2.75, 3.05) is 13.2 Å². The van der Waals surface area contributed by atoms with Crippen molar-refractivity contribution in [3.8, 4) is 0 Å². The molecule has 3 heteroatoms. The second-order valence-electron chi connectivity index (χ2n) is 3.71. The summed E-state index contributed by atoms with van der Waals surface area (Å²) in [6.45, 7) is 2.76. The van der Waals surface area contributed by atoms with E-state index in [1.54, 1.807) is 11.3 Å². The van der Waals surface area contributed by atoms with Crippen LogP contribution in [-0.2, 0) is 11.3 Å². The zero-order chi connectivity index (χ0) is 9.64. The number of hydrogen-bond donors (Lipinski definition) is 1. The van der Waals surface area contributed by atoms with Crippen LogP contribution in [0.15, 0.2) is 17.5 Å². The van der Waals surface area contributed by atoms with E-state index in [4.69, 9.17) is 4.74 Å². The lowest BCUT2D eigenvalue weighted by molar-refractivity contribution is 0.120. The Morgan fingerprint density at radius 2 is 2.43 bits per heavy atom. The van der Waals surface area contributed by atoms with Crippen molar-refractivity contribution in [1.29, 1.82) is 0 Å². The fourth-order valence-electron chi connectivity index (χ4n) is 1.34. The number of thiophene rings is 1. The van der Waals surface area contributed by atoms with Crippen LogP contribution in [0.3, 0.4) is 0 Å². The minimum atomic E-state index is 0.779. The summed E-state index contributed by atoms with van der Waals surface area (Å²) in [5.74, 6) is 0. The van der Waals surface area contributed by atoms with E-state index in [1.807, 2.05) is 0 Å². The molecule has 0 spiro atoms. The van der Waals surface area contributed by atoms with E-state index in [9.17, 15) is 0 Å². The van der Waals surface area contributed by atoms with Crippen LogP contribution in [-0.4, -0.2) is 19.2 Å². The standard InChI is InChI=1S/C11H17NOS/c1-3-11(14-8-1)9-13-7-2-6-12-10-4-5-10/h1,3,8,10,12H,2,4-7,9H2. The lowest BCUT2D eigenvalue weighted by Gasteiger charge is -2.03. The fraction of sp³-hybridized carbons (Fsp3) is 0.636. The van der Waals surface area contributed by atoms with Gasteiger partial charge in [0.1, 0.15) is 0 Å². The second-order valence-corrected chi connectivity index (χ2v) is 4.75. The van der Waals surface area contributed by atoms with Crippen molar-refractivity contribution in [3.63, 3.8) is 0 Å². The highest BCUT2D eigenvalue weighted by atomic mass is 32.1. The smallest absolute Gasteiger partial charge is 0.0809 e. The molecular weight excluding hydrogens is 194 g/mol. The molecule has 1 aliphatic rings. The third kappa shape index (κ3) is 3.78. The van der Waals surface area contributed by atoms with E-state index in [1.165, 1.54) is 17.7 Å². The maximum Gasteiger partial charge on any atom is 0.0809 e. The SMILES string of the molecule is c1csc(COCCCNC2CC2)c1. The molecule has 2 nitrogen and oxygen atoms in total. The summed E-state index contributed by atoms with van der Waals surface area (Å²) in [6, 6.07) is 5.01. The van der Waals surface area contributed by atoms with Gasteiger partial charge in [0.15, 0.2) is 0 Å². The molecule has 1 aliphatic carbocycles. The number of nitrogens with one attached hydrogen (secondary N) is 1. The van der Waals surface area contributed by atoms with Crippen molar-refractivity contribution in [3.05, 3.63) is 22.4 Å². The van der Waals surface area contributed by atoms with E-state index >= 15 is 0 Å². The Hall–Kier alpha value is -0.380. The summed E-state index contributed by atoms with van der Waals surface area (Å²) < 4.78 is 5.55. The molecule has 1 fully saturated rings. The van der Waals surface area contributed by atoms with Crippen LogP contribution in [0.25, 0.3) is 0 Å². The van der Waals surface area contributed by atoms with Gasteiger partial charge in [-0.1, -0.05) is 6.07 Å². The summed E-state index contributed by atoms with van der Waals surface area (Å²) in [5, 5.41) is 5.56. The molecule has 1 N–H and O–H groups in total. The molecule has 0 atom stereocenters. The van der Waals surface area contributed by atoms with Gasteiger partial charge in [-0.25, -0.2) is 0 Å². The average Bonchev–Trinajstić information content (AvgIpc) is 2.87. The Bertz CT molecular complexity index is 244. The Balaban J connectivity index is 1.43. The average molecular weight is 211 g/mol. The van der Waals surface area contributed by atoms with E-state index < -0.39 is 0 Å². The third-order valence-corrected chi connectivity index (χ3v) is 3.15. The normalized spacial score (nSPS) is 16.0. The highest BCUT2D eigenvalue weighted by molar-refractivity contribution is 7.09. The maximum atomic E-state index is 5.55. The van der Waals surface area contributed by atoms with Crippen molar-refractivity contribution >= 4 is 11.3 Å². The van der Waals surface area contributed by atoms with E-state index in [-0.39, 0.29) is 0 Å². The molecule has 0 aliphatic heterocycles. The predicted octanol–water partition coefficient (Wildman–Crippen LogP) is 2.41. The van der Waals surface area contributed by atoms with Crippen molar-refractivity contribution < 1.29 is 4.74 Å². The molecule has 1 aromatic heterocycles. The molecule has 0 saturated heterocycles. The lowest BCUT2D eigenvalue weighted by Crippen LogP contribution is -2.18. The van der Waals surface area contributed by atoms with Gasteiger partial charge in [0.25, 0.3) is 0 Å². The summed E-state index contributed by atoms with van der Waals surface area (Å²) in [5.41, 5.74) is 0. The molecule has 1 heterocycles. The van der Waals surface area contributed by atoms with Gasteiger partial charge in [0.05, 0.1) is 6.61 Å². The number of ether oxygens (including phenoxy) is 1. The molecule has 0 amide bonds. The van der Waals surface area contributed by atoms with Gasteiger partial charge in [-0.15, -0.1) is 11.3 Å². The van der Waals surface area contributed by atoms with E-state index in [2.05, 4.69) is 22.8 Å². The third-order valence-electron chi connectivity index (χ3n) is 2.30. The van der Waals surface area contributed by atoms with Crippen LogP contribution in [0.5, 0.6) is 0 Å². The molecule has 78 valence electrons. The quantitative estimate of drug-likeness (QED) is 0.699. The van der Waals surface area contributed by atoms with Crippen molar-refractivity contribution in [1.82, 2.24) is 5.32 Å². The van der Waals surface area contributed by atoms with Gasteiger partial charge in [-0.05, 0) is 37.3 Å². The van der Waals surface area contributed by atoms with E-state index in [0.717, 1.165) is 32.2 Å². The van der Waals surface area contributed by atoms with Gasteiger partial charge < -0.3 is 10.1 Å². The molecule has 0 unspecified atom stereocenters. The largest absolute Gasteiger partial charge is 0.376 e. The van der Waals surface area contributed by atoms with Crippen LogP contribution in [0, 0.1) is 0 Å². The van der Waals surface area contributed by atoms with Gasteiger partial charge in [0.2, 0.25) is 0 Å². The Kier molecular flexibility index (Phi) is 3.98. The van der Waals surface area contributed by atoms with E-state index in [0.29, 0.717) is 0 Å². The highest BCUT2D eigenvalue weighted by Crippen LogP contribution is 2.18. The molecule has 14 heavy (non-hydrogen) atoms. The summed E-state index contributed by atoms with van der Waals surface area (Å²) >= 11 is 1.76. The number of rotatable bonds is 7. The lowest BCUT2D eigenvalue weighted by atomic mass is 10.4. The minimum absolute atomic E-state index is 0.779. The maximum absolute atomic E-state index is 5.55. The van der Waals surface area contributed by atoms with Crippen molar-refractivity contribution in [2.24, 2.45) is 0 Å². The summed E-state index contributed by atoms with van der Waals surface area (Å²) in [4.78, 5) is 1.32. The molecule has 1 saturated carbocycles. The monoisotopic (exact) mass is 211 g/mol. The Labute approximate surface area is 89.3 Å². The second kappa shape index (κ2) is 5.49. The molecule has 0 radical (unpaired) electrons. The first-order valence-corrected chi connectivity index (χ1v) is 6.16. The van der Waals surface area contributed by atoms with Crippen molar-refractivity contribution in [2.45, 2.75) is 31.9 Å². The topological polar surface area (TPSA) is 21.3 Å². The molecular formula is C11H17NOS. The molecule has 1 aromatic rings. The van der Waals surface area contributed by atoms with Crippen LogP contribution in [0.4, 0.5) is 0 Å². The fourth-order valence-corrected chi connectivity index (χ4v) is 1.98. The zero-order valence-corrected chi connectivity index (χ0v) is 9.19.